The standard InChI is InChI=1S/C62H36OS/c1-2-16-38(17-3-1)57-42-19-6-8-21-44(42)59(45-22-9-7-20-43(45)57)40-30-33-51-56(36-40)64-55-28-14-27-52(61(51)55)60-48-25-12-10-23-46(48)58(47-24-11-13-26-49(47)60)39-31-34-54-53(35-39)50-32-29-37-15-4-5-18-41(37)62(50)63-54/h1-36H. The van der Waals surface area contributed by atoms with Gasteiger partial charge in [-0.1, -0.05) is 188 Å². The van der Waals surface area contributed by atoms with Crippen LogP contribution < -0.4 is 0 Å². The Morgan fingerprint density at radius 3 is 1.41 bits per heavy atom. The molecule has 0 spiro atoms. The van der Waals surface area contributed by atoms with Gasteiger partial charge < -0.3 is 4.42 Å². The fourth-order valence-corrected chi connectivity index (χ4v) is 12.1. The molecule has 2 heterocycles. The zero-order chi connectivity index (χ0) is 41.9. The Kier molecular flexibility index (Phi) is 7.63. The van der Waals surface area contributed by atoms with Gasteiger partial charge in [0.1, 0.15) is 11.2 Å². The maximum atomic E-state index is 6.57. The number of benzene rings is 12. The number of rotatable bonds is 4. The van der Waals surface area contributed by atoms with Gasteiger partial charge in [-0.05, 0) is 123 Å². The van der Waals surface area contributed by atoms with Crippen molar-refractivity contribution in [2.75, 3.05) is 0 Å². The lowest BCUT2D eigenvalue weighted by Gasteiger charge is -2.18. The Hall–Kier alpha value is -8.04. The van der Waals surface area contributed by atoms with Crippen molar-refractivity contribution < 1.29 is 4.42 Å². The summed E-state index contributed by atoms with van der Waals surface area (Å²) in [7, 11) is 0. The zero-order valence-electron chi connectivity index (χ0n) is 34.6. The van der Waals surface area contributed by atoms with Gasteiger partial charge in [0.15, 0.2) is 0 Å². The average molecular weight is 829 g/mol. The van der Waals surface area contributed by atoms with Crippen molar-refractivity contribution in [1.29, 1.82) is 0 Å². The molecule has 0 saturated heterocycles. The fraction of sp³-hybridized carbons (Fsp3) is 0. The Bertz CT molecular complexity index is 4130. The molecule has 0 atom stereocenters. The lowest BCUT2D eigenvalue weighted by molar-refractivity contribution is 0.672. The molecule has 0 N–H and O–H groups in total. The second-order valence-electron chi connectivity index (χ2n) is 17.0. The Labute approximate surface area is 372 Å². The molecule has 0 amide bonds. The van der Waals surface area contributed by atoms with Gasteiger partial charge in [0, 0.05) is 36.3 Å². The van der Waals surface area contributed by atoms with E-state index in [1.165, 1.54) is 113 Å². The van der Waals surface area contributed by atoms with Crippen molar-refractivity contribution in [3.8, 4) is 44.5 Å². The molecule has 0 aliphatic heterocycles. The van der Waals surface area contributed by atoms with E-state index in [4.69, 9.17) is 4.42 Å². The van der Waals surface area contributed by atoms with Crippen molar-refractivity contribution in [2.24, 2.45) is 0 Å². The van der Waals surface area contributed by atoms with Crippen molar-refractivity contribution >= 4 is 107 Å². The van der Waals surface area contributed by atoms with Gasteiger partial charge in [-0.15, -0.1) is 11.3 Å². The van der Waals surface area contributed by atoms with Crippen molar-refractivity contribution in [3.05, 3.63) is 218 Å². The molecule has 0 fully saturated rings. The van der Waals surface area contributed by atoms with Gasteiger partial charge in [0.2, 0.25) is 0 Å². The third kappa shape index (κ3) is 5.12. The van der Waals surface area contributed by atoms with Gasteiger partial charge in [0.05, 0.1) is 0 Å². The van der Waals surface area contributed by atoms with Gasteiger partial charge in [-0.25, -0.2) is 0 Å². The molecule has 0 saturated carbocycles. The van der Waals surface area contributed by atoms with E-state index in [1.54, 1.807) is 0 Å². The number of furan rings is 1. The van der Waals surface area contributed by atoms with Gasteiger partial charge in [0.25, 0.3) is 0 Å². The maximum absolute atomic E-state index is 6.57. The van der Waals surface area contributed by atoms with Crippen molar-refractivity contribution in [3.63, 3.8) is 0 Å². The number of fused-ring (bicyclic) bond motifs is 12. The van der Waals surface area contributed by atoms with Crippen molar-refractivity contribution in [2.45, 2.75) is 0 Å². The van der Waals surface area contributed by atoms with E-state index in [1.807, 2.05) is 11.3 Å². The first-order valence-corrected chi connectivity index (χ1v) is 22.8. The highest BCUT2D eigenvalue weighted by molar-refractivity contribution is 7.26. The van der Waals surface area contributed by atoms with Gasteiger partial charge in [-0.3, -0.25) is 0 Å². The Balaban J connectivity index is 0.987. The summed E-state index contributed by atoms with van der Waals surface area (Å²) in [6, 6.07) is 80.5. The van der Waals surface area contributed by atoms with E-state index in [-0.39, 0.29) is 0 Å². The third-order valence-electron chi connectivity index (χ3n) is 13.6. The van der Waals surface area contributed by atoms with Crippen LogP contribution in [0.3, 0.4) is 0 Å². The first-order chi connectivity index (χ1) is 31.8. The summed E-state index contributed by atoms with van der Waals surface area (Å²) >= 11 is 1.90. The van der Waals surface area contributed by atoms with Crippen LogP contribution in [0.25, 0.3) is 140 Å². The molecule has 296 valence electrons. The third-order valence-corrected chi connectivity index (χ3v) is 14.7. The highest BCUT2D eigenvalue weighted by Crippen LogP contribution is 2.50. The molecule has 12 aromatic carbocycles. The Morgan fingerprint density at radius 1 is 0.281 bits per heavy atom. The molecule has 64 heavy (non-hydrogen) atoms. The second kappa shape index (κ2) is 13.7. The summed E-state index contributed by atoms with van der Waals surface area (Å²) in [6.45, 7) is 0. The molecule has 14 aromatic rings. The average Bonchev–Trinajstić information content (AvgIpc) is 3.93. The molecule has 1 nitrogen and oxygen atoms in total. The second-order valence-corrected chi connectivity index (χ2v) is 18.1. The molecule has 0 unspecified atom stereocenters. The highest BCUT2D eigenvalue weighted by Gasteiger charge is 2.22. The van der Waals surface area contributed by atoms with E-state index in [0.717, 1.165) is 27.3 Å². The normalized spacial score (nSPS) is 12.1. The Morgan fingerprint density at radius 2 is 0.781 bits per heavy atom. The largest absolute Gasteiger partial charge is 0.455 e. The smallest absolute Gasteiger partial charge is 0.143 e. The monoisotopic (exact) mass is 828 g/mol. The predicted molar refractivity (Wildman–Crippen MR) is 276 cm³/mol. The minimum atomic E-state index is 0.907. The summed E-state index contributed by atoms with van der Waals surface area (Å²) in [6.07, 6.45) is 0. The predicted octanol–water partition coefficient (Wildman–Crippen LogP) is 18.4. The molecule has 2 aromatic heterocycles. The van der Waals surface area contributed by atoms with Crippen molar-refractivity contribution in [1.82, 2.24) is 0 Å². The minimum Gasteiger partial charge on any atom is -0.455 e. The zero-order valence-corrected chi connectivity index (χ0v) is 35.4. The summed E-state index contributed by atoms with van der Waals surface area (Å²) in [5.41, 5.74) is 11.9. The molecule has 0 bridgehead atoms. The first-order valence-electron chi connectivity index (χ1n) is 22.0. The van der Waals surface area contributed by atoms with Crippen LogP contribution in [0, 0.1) is 0 Å². The lowest BCUT2D eigenvalue weighted by atomic mass is 9.84. The first kappa shape index (κ1) is 35.5. The quantitative estimate of drug-likeness (QED) is 0.161. The van der Waals surface area contributed by atoms with E-state index < -0.39 is 0 Å². The highest BCUT2D eigenvalue weighted by atomic mass is 32.1. The van der Waals surface area contributed by atoms with Crippen LogP contribution in [-0.4, -0.2) is 0 Å². The maximum Gasteiger partial charge on any atom is 0.143 e. The summed E-state index contributed by atoms with van der Waals surface area (Å²) in [5.74, 6) is 0. The molecule has 0 aliphatic carbocycles. The lowest BCUT2D eigenvalue weighted by Crippen LogP contribution is -1.91. The molecule has 0 aliphatic rings. The SMILES string of the molecule is c1ccc(-c2c3ccccc3c(-c3ccc4c(c3)sc3cccc(-c5c6ccccc6c(-c6ccc7oc8c9ccccc9ccc8c7c6)c6ccccc56)c34)c3ccccc23)cc1. The minimum absolute atomic E-state index is 0.907. The fourth-order valence-electron chi connectivity index (χ4n) is 10.9. The molecular formula is C62H36OS. The van der Waals surface area contributed by atoms with Gasteiger partial charge in [-0.2, -0.15) is 0 Å². The number of hydrogen-bond donors (Lipinski definition) is 0. The van der Waals surface area contributed by atoms with Crippen LogP contribution in [-0.2, 0) is 0 Å². The van der Waals surface area contributed by atoms with Gasteiger partial charge >= 0.3 is 0 Å². The molecule has 2 heteroatoms. The van der Waals surface area contributed by atoms with E-state index in [2.05, 4.69) is 218 Å². The van der Waals surface area contributed by atoms with Crippen LogP contribution in [0.5, 0.6) is 0 Å². The molecular weight excluding hydrogens is 793 g/mol. The molecule has 0 radical (unpaired) electrons. The number of hydrogen-bond acceptors (Lipinski definition) is 2. The van der Waals surface area contributed by atoms with E-state index >= 15 is 0 Å². The summed E-state index contributed by atoms with van der Waals surface area (Å²) < 4.78 is 9.15. The van der Waals surface area contributed by atoms with E-state index in [9.17, 15) is 0 Å². The van der Waals surface area contributed by atoms with Crippen LogP contribution in [0.2, 0.25) is 0 Å². The summed E-state index contributed by atoms with van der Waals surface area (Å²) in [4.78, 5) is 0. The topological polar surface area (TPSA) is 13.1 Å². The number of thiophene rings is 1. The van der Waals surface area contributed by atoms with Crippen LogP contribution >= 0.6 is 11.3 Å². The van der Waals surface area contributed by atoms with E-state index in [0.29, 0.717) is 0 Å². The van der Waals surface area contributed by atoms with Crippen LogP contribution in [0.15, 0.2) is 223 Å². The summed E-state index contributed by atoms with van der Waals surface area (Å²) in [5, 5.41) is 17.3. The van der Waals surface area contributed by atoms with Crippen LogP contribution in [0.4, 0.5) is 0 Å². The van der Waals surface area contributed by atoms with Crippen LogP contribution in [0.1, 0.15) is 0 Å². The molecule has 14 rings (SSSR count).